The molecule has 2 aromatic rings. The first-order valence-electron chi connectivity index (χ1n) is 4.06. The fourth-order valence-corrected chi connectivity index (χ4v) is 2.17. The van der Waals surface area contributed by atoms with Gasteiger partial charge in [-0.3, -0.25) is 9.20 Å². The molecule has 0 bridgehead atoms. The van der Waals surface area contributed by atoms with E-state index in [9.17, 15) is 4.79 Å². The monoisotopic (exact) mass is 211 g/mol. The third-order valence-corrected chi connectivity index (χ3v) is 2.91. The minimum Gasteiger partial charge on any atom is -0.480 e. The average molecular weight is 211 g/mol. The maximum absolute atomic E-state index is 10.5. The Hall–Kier alpha value is -1.40. The van der Waals surface area contributed by atoms with E-state index in [-0.39, 0.29) is 0 Å². The van der Waals surface area contributed by atoms with Crippen LogP contribution in [0.5, 0.6) is 0 Å². The fourth-order valence-electron chi connectivity index (χ4n) is 1.17. The van der Waals surface area contributed by atoms with Crippen LogP contribution in [0.2, 0.25) is 0 Å². The number of carboxylic acid groups (broad SMARTS) is 1. The smallest absolute Gasteiger partial charge is 0.320 e. The predicted molar refractivity (Wildman–Crippen MR) is 52.4 cm³/mol. The standard InChI is InChI=1S/C8H9N3O2S/c9-6(7(12)13)3-5-4-11-2-1-10-8(11)14-5/h1-2,4,6H,3,9H2,(H,12,13). The van der Waals surface area contributed by atoms with Gasteiger partial charge in [-0.05, 0) is 0 Å². The number of carbonyl (C=O) groups is 1. The lowest BCUT2D eigenvalue weighted by Gasteiger charge is -2.01. The van der Waals surface area contributed by atoms with Gasteiger partial charge in [0.05, 0.1) is 0 Å². The summed E-state index contributed by atoms with van der Waals surface area (Å²) in [5, 5.41) is 8.63. The molecular formula is C8H9N3O2S. The van der Waals surface area contributed by atoms with Crippen molar-refractivity contribution in [2.24, 2.45) is 5.73 Å². The molecule has 2 aromatic heterocycles. The summed E-state index contributed by atoms with van der Waals surface area (Å²) in [7, 11) is 0. The van der Waals surface area contributed by atoms with Gasteiger partial charge in [-0.15, -0.1) is 11.3 Å². The van der Waals surface area contributed by atoms with Crippen molar-refractivity contribution < 1.29 is 9.90 Å². The normalized spacial score (nSPS) is 13.2. The zero-order valence-corrected chi connectivity index (χ0v) is 8.07. The van der Waals surface area contributed by atoms with E-state index in [0.717, 1.165) is 9.84 Å². The Kier molecular flexibility index (Phi) is 2.22. The van der Waals surface area contributed by atoms with Crippen LogP contribution in [0, 0.1) is 0 Å². The van der Waals surface area contributed by atoms with Gasteiger partial charge in [0.1, 0.15) is 6.04 Å². The minimum atomic E-state index is -0.976. The molecule has 74 valence electrons. The molecule has 1 unspecified atom stereocenters. The van der Waals surface area contributed by atoms with Crippen LogP contribution in [0.4, 0.5) is 0 Å². The number of rotatable bonds is 3. The van der Waals surface area contributed by atoms with Crippen LogP contribution in [-0.2, 0) is 11.2 Å². The summed E-state index contributed by atoms with van der Waals surface area (Å²) in [6, 6.07) is -0.835. The number of aromatic nitrogens is 2. The molecule has 3 N–H and O–H groups in total. The molecule has 1 atom stereocenters. The Labute approximate surface area is 83.8 Å². The van der Waals surface area contributed by atoms with Gasteiger partial charge in [0.25, 0.3) is 0 Å². The first-order chi connectivity index (χ1) is 6.66. The number of imidazole rings is 1. The average Bonchev–Trinajstić information content (AvgIpc) is 2.63. The van der Waals surface area contributed by atoms with Crippen LogP contribution in [0.15, 0.2) is 18.6 Å². The predicted octanol–water partition coefficient (Wildman–Crippen LogP) is 0.350. The van der Waals surface area contributed by atoms with Gasteiger partial charge < -0.3 is 10.8 Å². The Morgan fingerprint density at radius 2 is 2.57 bits per heavy atom. The Morgan fingerprint density at radius 3 is 3.21 bits per heavy atom. The van der Waals surface area contributed by atoms with Crippen molar-refractivity contribution >= 4 is 22.3 Å². The molecule has 6 heteroatoms. The van der Waals surface area contributed by atoms with Crippen molar-refractivity contribution in [2.75, 3.05) is 0 Å². The van der Waals surface area contributed by atoms with E-state index in [2.05, 4.69) is 4.98 Å². The number of hydrogen-bond donors (Lipinski definition) is 2. The SMILES string of the molecule is NC(Cc1cn2ccnc2s1)C(=O)O. The topological polar surface area (TPSA) is 80.6 Å². The van der Waals surface area contributed by atoms with Crippen molar-refractivity contribution in [1.29, 1.82) is 0 Å². The second-order valence-electron chi connectivity index (χ2n) is 2.96. The molecule has 0 aliphatic rings. The molecule has 0 aromatic carbocycles. The Balaban J connectivity index is 2.19. The first-order valence-corrected chi connectivity index (χ1v) is 4.88. The summed E-state index contributed by atoms with van der Waals surface area (Å²) in [6.45, 7) is 0. The summed E-state index contributed by atoms with van der Waals surface area (Å²) >= 11 is 1.46. The van der Waals surface area contributed by atoms with Gasteiger partial charge in [0.15, 0.2) is 4.96 Å². The second-order valence-corrected chi connectivity index (χ2v) is 4.06. The summed E-state index contributed by atoms with van der Waals surface area (Å²) in [5.74, 6) is -0.976. The number of thiazole rings is 1. The number of fused-ring (bicyclic) bond motifs is 1. The van der Waals surface area contributed by atoms with E-state index in [4.69, 9.17) is 10.8 Å². The van der Waals surface area contributed by atoms with E-state index < -0.39 is 12.0 Å². The maximum Gasteiger partial charge on any atom is 0.320 e. The van der Waals surface area contributed by atoms with E-state index >= 15 is 0 Å². The van der Waals surface area contributed by atoms with E-state index in [1.807, 2.05) is 16.8 Å². The third kappa shape index (κ3) is 1.61. The van der Waals surface area contributed by atoms with Gasteiger partial charge in [0.2, 0.25) is 0 Å². The molecule has 0 amide bonds. The highest BCUT2D eigenvalue weighted by Gasteiger charge is 2.14. The van der Waals surface area contributed by atoms with Crippen molar-refractivity contribution in [2.45, 2.75) is 12.5 Å². The molecular weight excluding hydrogens is 202 g/mol. The number of nitrogens with zero attached hydrogens (tertiary/aromatic N) is 2. The summed E-state index contributed by atoms with van der Waals surface area (Å²) in [6.07, 6.45) is 5.73. The summed E-state index contributed by atoms with van der Waals surface area (Å²) in [5.41, 5.74) is 5.42. The molecule has 5 nitrogen and oxygen atoms in total. The Bertz CT molecular complexity index is 433. The first kappa shape index (κ1) is 9.17. The summed E-state index contributed by atoms with van der Waals surface area (Å²) in [4.78, 5) is 16.4. The molecule has 0 aliphatic heterocycles. The van der Waals surface area contributed by atoms with Crippen LogP contribution in [0.25, 0.3) is 4.96 Å². The van der Waals surface area contributed by atoms with Crippen LogP contribution in [0.3, 0.4) is 0 Å². The molecule has 0 spiro atoms. The quantitative estimate of drug-likeness (QED) is 0.767. The van der Waals surface area contributed by atoms with Crippen molar-refractivity contribution in [3.63, 3.8) is 0 Å². The Morgan fingerprint density at radius 1 is 1.79 bits per heavy atom. The largest absolute Gasteiger partial charge is 0.480 e. The van der Waals surface area contributed by atoms with Crippen LogP contribution >= 0.6 is 11.3 Å². The lowest BCUT2D eigenvalue weighted by molar-refractivity contribution is -0.138. The molecule has 0 fully saturated rings. The van der Waals surface area contributed by atoms with Crippen molar-refractivity contribution in [3.8, 4) is 0 Å². The van der Waals surface area contributed by atoms with Gasteiger partial charge in [-0.25, -0.2) is 4.98 Å². The zero-order chi connectivity index (χ0) is 10.1. The zero-order valence-electron chi connectivity index (χ0n) is 7.25. The highest BCUT2D eigenvalue weighted by atomic mass is 32.1. The van der Waals surface area contributed by atoms with Crippen molar-refractivity contribution in [1.82, 2.24) is 9.38 Å². The minimum absolute atomic E-state index is 0.351. The van der Waals surface area contributed by atoms with Crippen LogP contribution in [0.1, 0.15) is 4.88 Å². The molecule has 0 saturated heterocycles. The van der Waals surface area contributed by atoms with Crippen LogP contribution < -0.4 is 5.73 Å². The number of hydrogen-bond acceptors (Lipinski definition) is 4. The molecule has 14 heavy (non-hydrogen) atoms. The van der Waals surface area contributed by atoms with E-state index in [1.54, 1.807) is 6.20 Å². The van der Waals surface area contributed by atoms with Crippen molar-refractivity contribution in [3.05, 3.63) is 23.5 Å². The lowest BCUT2D eigenvalue weighted by Crippen LogP contribution is -2.31. The molecule has 2 heterocycles. The molecule has 0 aliphatic carbocycles. The second kappa shape index (κ2) is 3.39. The maximum atomic E-state index is 10.5. The number of carboxylic acids is 1. The van der Waals surface area contributed by atoms with Crippen LogP contribution in [-0.4, -0.2) is 26.5 Å². The van der Waals surface area contributed by atoms with Gasteiger partial charge >= 0.3 is 5.97 Å². The highest BCUT2D eigenvalue weighted by molar-refractivity contribution is 7.17. The molecule has 0 saturated carbocycles. The highest BCUT2D eigenvalue weighted by Crippen LogP contribution is 2.17. The number of aliphatic carboxylic acids is 1. The lowest BCUT2D eigenvalue weighted by atomic mass is 10.2. The van der Waals surface area contributed by atoms with Gasteiger partial charge in [-0.2, -0.15) is 0 Å². The van der Waals surface area contributed by atoms with E-state index in [0.29, 0.717) is 6.42 Å². The fraction of sp³-hybridized carbons (Fsp3) is 0.250. The third-order valence-electron chi connectivity index (χ3n) is 1.88. The van der Waals surface area contributed by atoms with E-state index in [1.165, 1.54) is 11.3 Å². The molecule has 2 rings (SSSR count). The summed E-state index contributed by atoms with van der Waals surface area (Å²) < 4.78 is 1.86. The van der Waals surface area contributed by atoms with Gasteiger partial charge in [0, 0.05) is 29.9 Å². The molecule has 0 radical (unpaired) electrons. The van der Waals surface area contributed by atoms with Gasteiger partial charge in [-0.1, -0.05) is 0 Å². The number of nitrogens with two attached hydrogens (primary N) is 1.